The third-order valence-electron chi connectivity index (χ3n) is 3.94. The molecule has 8 nitrogen and oxygen atoms in total. The highest BCUT2D eigenvalue weighted by atomic mass is 19.4. The van der Waals surface area contributed by atoms with Crippen molar-refractivity contribution >= 4 is 18.0 Å². The molecule has 3 amide bonds. The van der Waals surface area contributed by atoms with Crippen LogP contribution < -0.4 is 10.6 Å². The normalized spacial score (nSPS) is 20.1. The monoisotopic (exact) mass is 395 g/mol. The molecule has 1 aromatic carbocycles. The topological polar surface area (TPSA) is 114 Å². The highest BCUT2D eigenvalue weighted by Crippen LogP contribution is 2.32. The van der Waals surface area contributed by atoms with Gasteiger partial charge in [0.1, 0.15) is 17.6 Å². The number of carbonyl (C=O) groups is 2. The summed E-state index contributed by atoms with van der Waals surface area (Å²) < 4.78 is 43.9. The summed E-state index contributed by atoms with van der Waals surface area (Å²) in [7, 11) is 0. The molecule has 2 atom stereocenters. The Bertz CT molecular complexity index is 967. The van der Waals surface area contributed by atoms with E-state index in [4.69, 9.17) is 4.42 Å². The number of imide groups is 1. The number of nitrogens with one attached hydrogen (secondary N) is 2. The minimum atomic E-state index is -4.50. The number of amides is 3. The van der Waals surface area contributed by atoms with Gasteiger partial charge in [0.05, 0.1) is 5.56 Å². The lowest BCUT2D eigenvalue weighted by Gasteiger charge is -2.23. The van der Waals surface area contributed by atoms with Crippen molar-refractivity contribution in [3.8, 4) is 11.3 Å². The van der Waals surface area contributed by atoms with Crippen molar-refractivity contribution in [3.63, 3.8) is 0 Å². The molecule has 0 bridgehead atoms. The van der Waals surface area contributed by atoms with E-state index in [2.05, 4.69) is 5.32 Å². The van der Waals surface area contributed by atoms with Crippen molar-refractivity contribution in [1.82, 2.24) is 10.6 Å². The molecule has 1 aliphatic rings. The number of hydrogen-bond acceptors (Lipinski definition) is 5. The summed E-state index contributed by atoms with van der Waals surface area (Å²) >= 11 is 0. The second kappa shape index (κ2) is 7.18. The van der Waals surface area contributed by atoms with E-state index in [1.54, 1.807) is 5.32 Å². The van der Waals surface area contributed by atoms with Gasteiger partial charge in [-0.2, -0.15) is 13.2 Å². The summed E-state index contributed by atoms with van der Waals surface area (Å²) in [6.07, 6.45) is -2.00. The number of rotatable bonds is 4. The largest absolute Gasteiger partial charge is 0.457 e. The SMILES string of the molecule is O=C1NC(=O)C([N+](=O)[O-])C(/C=C\c2ccc(-c3cccc(C(F)(F)F)c3)o2)N1. The van der Waals surface area contributed by atoms with Crippen LogP contribution in [0.1, 0.15) is 11.3 Å². The maximum absolute atomic E-state index is 12.8. The molecular formula is C17H12F3N3O5. The molecule has 11 heteroatoms. The van der Waals surface area contributed by atoms with Crippen LogP contribution in [0.2, 0.25) is 0 Å². The number of furan rings is 1. The lowest BCUT2D eigenvalue weighted by molar-refractivity contribution is -0.510. The molecule has 28 heavy (non-hydrogen) atoms. The highest BCUT2D eigenvalue weighted by molar-refractivity contribution is 6.00. The quantitative estimate of drug-likeness (QED) is 0.610. The van der Waals surface area contributed by atoms with Crippen LogP contribution >= 0.6 is 0 Å². The summed E-state index contributed by atoms with van der Waals surface area (Å²) in [5.41, 5.74) is -0.633. The van der Waals surface area contributed by atoms with Gasteiger partial charge in [-0.25, -0.2) is 4.79 Å². The standard InChI is InChI=1S/C17H12F3N3O5/c18-17(19,20)10-3-1-2-9(8-10)13-7-5-11(28-13)4-6-12-14(23(26)27)15(24)22-16(25)21-12/h1-8,12,14H,(H2,21,22,24,25)/b6-4-. The first-order chi connectivity index (χ1) is 13.1. The van der Waals surface area contributed by atoms with Crippen molar-refractivity contribution in [2.45, 2.75) is 18.3 Å². The molecule has 0 aliphatic carbocycles. The smallest absolute Gasteiger partial charge is 0.416 e. The number of carbonyl (C=O) groups excluding carboxylic acids is 2. The Morgan fingerprint density at radius 2 is 1.93 bits per heavy atom. The molecule has 1 fully saturated rings. The maximum Gasteiger partial charge on any atom is 0.416 e. The van der Waals surface area contributed by atoms with E-state index >= 15 is 0 Å². The van der Waals surface area contributed by atoms with Crippen LogP contribution in [0, 0.1) is 10.1 Å². The molecule has 146 valence electrons. The summed E-state index contributed by atoms with van der Waals surface area (Å²) in [6.45, 7) is 0. The van der Waals surface area contributed by atoms with E-state index < -0.39 is 40.7 Å². The molecule has 2 heterocycles. The predicted octanol–water partition coefficient (Wildman–Crippen LogP) is 2.83. The van der Waals surface area contributed by atoms with Gasteiger partial charge < -0.3 is 9.73 Å². The lowest BCUT2D eigenvalue weighted by atomic mass is 10.1. The second-order valence-electron chi connectivity index (χ2n) is 5.86. The molecule has 0 radical (unpaired) electrons. The van der Waals surface area contributed by atoms with Gasteiger partial charge in [-0.15, -0.1) is 0 Å². The Balaban J connectivity index is 1.82. The van der Waals surface area contributed by atoms with Crippen molar-refractivity contribution in [2.75, 3.05) is 0 Å². The van der Waals surface area contributed by atoms with Crippen LogP contribution in [0.5, 0.6) is 0 Å². The van der Waals surface area contributed by atoms with Gasteiger partial charge in [0.15, 0.2) is 0 Å². The molecule has 0 spiro atoms. The third kappa shape index (κ3) is 4.03. The maximum atomic E-state index is 12.8. The first-order valence-corrected chi connectivity index (χ1v) is 7.85. The summed E-state index contributed by atoms with van der Waals surface area (Å²) in [4.78, 5) is 33.2. The van der Waals surface area contributed by atoms with Crippen molar-refractivity contribution < 1.29 is 32.1 Å². The van der Waals surface area contributed by atoms with E-state index in [1.165, 1.54) is 36.4 Å². The fraction of sp³-hybridized carbons (Fsp3) is 0.176. The molecule has 1 aliphatic heterocycles. The molecule has 0 saturated carbocycles. The molecule has 2 aromatic rings. The van der Waals surface area contributed by atoms with Crippen LogP contribution in [0.4, 0.5) is 18.0 Å². The van der Waals surface area contributed by atoms with E-state index in [1.807, 2.05) is 0 Å². The first-order valence-electron chi connectivity index (χ1n) is 7.85. The summed E-state index contributed by atoms with van der Waals surface area (Å²) in [5, 5.41) is 15.1. The van der Waals surface area contributed by atoms with E-state index in [9.17, 15) is 32.9 Å². The molecule has 3 rings (SSSR count). The second-order valence-corrected chi connectivity index (χ2v) is 5.86. The Morgan fingerprint density at radius 3 is 2.61 bits per heavy atom. The van der Waals surface area contributed by atoms with Gasteiger partial charge in [0.2, 0.25) is 0 Å². The van der Waals surface area contributed by atoms with Crippen LogP contribution in [0.3, 0.4) is 0 Å². The van der Waals surface area contributed by atoms with Gasteiger partial charge >= 0.3 is 24.2 Å². The van der Waals surface area contributed by atoms with Gasteiger partial charge in [-0.3, -0.25) is 20.2 Å². The Kier molecular flexibility index (Phi) is 4.91. The van der Waals surface area contributed by atoms with Crippen LogP contribution in [-0.4, -0.2) is 28.9 Å². The Morgan fingerprint density at radius 1 is 1.18 bits per heavy atom. The minimum Gasteiger partial charge on any atom is -0.457 e. The number of hydrogen-bond donors (Lipinski definition) is 2. The zero-order valence-corrected chi connectivity index (χ0v) is 13.9. The number of halogens is 3. The molecule has 2 N–H and O–H groups in total. The van der Waals surface area contributed by atoms with Gasteiger partial charge in [-0.1, -0.05) is 18.2 Å². The first kappa shape index (κ1) is 19.1. The van der Waals surface area contributed by atoms with Crippen LogP contribution in [0.15, 0.2) is 46.9 Å². The van der Waals surface area contributed by atoms with E-state index in [-0.39, 0.29) is 17.1 Å². The van der Waals surface area contributed by atoms with Crippen molar-refractivity contribution in [1.29, 1.82) is 0 Å². The Labute approximate surface area is 155 Å². The van der Waals surface area contributed by atoms with Crippen LogP contribution in [0.25, 0.3) is 17.4 Å². The van der Waals surface area contributed by atoms with E-state index in [0.29, 0.717) is 0 Å². The lowest BCUT2D eigenvalue weighted by Crippen LogP contribution is -2.62. The number of nitrogens with zero attached hydrogens (tertiary/aromatic N) is 1. The average Bonchev–Trinajstić information content (AvgIpc) is 3.07. The molecule has 1 aromatic heterocycles. The zero-order valence-electron chi connectivity index (χ0n) is 13.9. The fourth-order valence-electron chi connectivity index (χ4n) is 2.64. The number of nitro groups is 1. The molecular weight excluding hydrogens is 383 g/mol. The fourth-order valence-corrected chi connectivity index (χ4v) is 2.64. The van der Waals surface area contributed by atoms with Crippen LogP contribution in [-0.2, 0) is 11.0 Å². The highest BCUT2D eigenvalue weighted by Gasteiger charge is 2.43. The summed E-state index contributed by atoms with van der Waals surface area (Å²) in [6, 6.07) is 3.63. The van der Waals surface area contributed by atoms with E-state index in [0.717, 1.165) is 12.1 Å². The number of benzene rings is 1. The third-order valence-corrected chi connectivity index (χ3v) is 3.94. The van der Waals surface area contributed by atoms with Crippen molar-refractivity contribution in [2.24, 2.45) is 0 Å². The van der Waals surface area contributed by atoms with Gasteiger partial charge in [0.25, 0.3) is 0 Å². The number of urea groups is 1. The average molecular weight is 395 g/mol. The molecule has 2 unspecified atom stereocenters. The summed E-state index contributed by atoms with van der Waals surface area (Å²) in [5.74, 6) is -0.718. The minimum absolute atomic E-state index is 0.155. The van der Waals surface area contributed by atoms with Gasteiger partial charge in [0, 0.05) is 10.5 Å². The van der Waals surface area contributed by atoms with Gasteiger partial charge in [-0.05, 0) is 30.3 Å². The van der Waals surface area contributed by atoms with Crippen molar-refractivity contribution in [3.05, 3.63) is 63.9 Å². The zero-order chi connectivity index (χ0) is 20.5. The molecule has 1 saturated heterocycles. The number of alkyl halides is 3. The predicted molar refractivity (Wildman–Crippen MR) is 89.4 cm³/mol. The Hall–Kier alpha value is -3.63.